The third-order valence-corrected chi connectivity index (χ3v) is 4.50. The van der Waals surface area contributed by atoms with Crippen LogP contribution in [0.25, 0.3) is 0 Å². The van der Waals surface area contributed by atoms with Crippen LogP contribution in [0.1, 0.15) is 18.1 Å². The summed E-state index contributed by atoms with van der Waals surface area (Å²) in [5.41, 5.74) is 4.51. The summed E-state index contributed by atoms with van der Waals surface area (Å²) in [6.45, 7) is 1.69. The number of nitro benzene ring substituents is 2. The fourth-order valence-electron chi connectivity index (χ4n) is 2.04. The first-order valence-corrected chi connectivity index (χ1v) is 8.91. The third-order valence-electron chi connectivity index (χ3n) is 3.49. The molecule has 2 rings (SSSR count). The number of carbonyl (C=O) groups excluding carboxylic acids is 1. The lowest BCUT2D eigenvalue weighted by Gasteiger charge is -2.04. The maximum Gasteiger partial charge on any atom is 0.269 e. The lowest BCUT2D eigenvalue weighted by Crippen LogP contribution is -2.21. The van der Waals surface area contributed by atoms with Crippen LogP contribution >= 0.6 is 11.8 Å². The van der Waals surface area contributed by atoms with Crippen molar-refractivity contribution >= 4 is 34.8 Å². The van der Waals surface area contributed by atoms with E-state index in [-0.39, 0.29) is 23.0 Å². The number of nitro groups is 2. The van der Waals surface area contributed by atoms with Gasteiger partial charge in [-0.1, -0.05) is 12.1 Å². The van der Waals surface area contributed by atoms with E-state index in [1.165, 1.54) is 36.0 Å². The van der Waals surface area contributed by atoms with Crippen molar-refractivity contribution in [2.45, 2.75) is 12.7 Å². The van der Waals surface area contributed by atoms with Gasteiger partial charge in [0.05, 0.1) is 21.3 Å². The minimum atomic E-state index is -0.486. The van der Waals surface area contributed by atoms with Crippen molar-refractivity contribution < 1.29 is 14.6 Å². The van der Waals surface area contributed by atoms with Gasteiger partial charge >= 0.3 is 0 Å². The third kappa shape index (κ3) is 6.19. The smallest absolute Gasteiger partial charge is 0.269 e. The second kappa shape index (κ2) is 9.43. The van der Waals surface area contributed by atoms with Gasteiger partial charge in [-0.05, 0) is 30.2 Å². The number of nitrogens with one attached hydrogen (secondary N) is 1. The van der Waals surface area contributed by atoms with E-state index in [0.29, 0.717) is 17.0 Å². The Labute approximate surface area is 158 Å². The van der Waals surface area contributed by atoms with Gasteiger partial charge in [-0.25, -0.2) is 5.43 Å². The van der Waals surface area contributed by atoms with Crippen molar-refractivity contribution in [3.8, 4) is 0 Å². The van der Waals surface area contributed by atoms with Gasteiger partial charge in [-0.3, -0.25) is 25.0 Å². The number of benzene rings is 2. The SMILES string of the molecule is CC(=NNC(=O)CSCc1ccc([N+](=O)[O-])cc1)c1ccc([N+](=O)[O-])cc1. The molecule has 0 saturated heterocycles. The summed E-state index contributed by atoms with van der Waals surface area (Å²) < 4.78 is 0. The van der Waals surface area contributed by atoms with Gasteiger partial charge in [0.2, 0.25) is 5.91 Å². The number of hydrazone groups is 1. The highest BCUT2D eigenvalue weighted by atomic mass is 32.2. The number of non-ortho nitro benzene ring substituents is 2. The Kier molecular flexibility index (Phi) is 7.00. The topological polar surface area (TPSA) is 128 Å². The van der Waals surface area contributed by atoms with Gasteiger partial charge < -0.3 is 0 Å². The Hall–Kier alpha value is -3.27. The van der Waals surface area contributed by atoms with Crippen LogP contribution in [-0.4, -0.2) is 27.2 Å². The standard InChI is InChI=1S/C17H16N4O5S/c1-12(14-4-8-16(9-5-14)21(25)26)18-19-17(22)11-27-10-13-2-6-15(7-3-13)20(23)24/h2-9H,10-11H2,1H3,(H,19,22). The predicted molar refractivity (Wildman–Crippen MR) is 103 cm³/mol. The van der Waals surface area contributed by atoms with E-state index in [4.69, 9.17) is 0 Å². The summed E-state index contributed by atoms with van der Waals surface area (Å²) in [4.78, 5) is 32.1. The minimum absolute atomic E-state index is 0.0155. The highest BCUT2D eigenvalue weighted by molar-refractivity contribution is 7.99. The fraction of sp³-hybridized carbons (Fsp3) is 0.176. The van der Waals surface area contributed by atoms with E-state index in [1.54, 1.807) is 31.2 Å². The summed E-state index contributed by atoms with van der Waals surface area (Å²) >= 11 is 1.36. The van der Waals surface area contributed by atoms with E-state index in [1.807, 2.05) is 0 Å². The Balaban J connectivity index is 1.80. The number of hydrogen-bond donors (Lipinski definition) is 1. The van der Waals surface area contributed by atoms with Crippen molar-refractivity contribution in [1.82, 2.24) is 5.43 Å². The van der Waals surface area contributed by atoms with E-state index in [0.717, 1.165) is 5.56 Å². The molecule has 0 unspecified atom stereocenters. The van der Waals surface area contributed by atoms with Gasteiger partial charge in [0.25, 0.3) is 11.4 Å². The maximum atomic E-state index is 11.8. The lowest BCUT2D eigenvalue weighted by molar-refractivity contribution is -0.385. The summed E-state index contributed by atoms with van der Waals surface area (Å²) in [5.74, 6) is 0.424. The summed E-state index contributed by atoms with van der Waals surface area (Å²) in [6, 6.07) is 12.0. The second-order valence-corrected chi connectivity index (χ2v) is 6.44. The van der Waals surface area contributed by atoms with Crippen molar-refractivity contribution in [2.24, 2.45) is 5.10 Å². The molecule has 0 saturated carbocycles. The van der Waals surface area contributed by atoms with Crippen LogP contribution in [0.15, 0.2) is 53.6 Å². The Morgan fingerprint density at radius 3 is 2.04 bits per heavy atom. The van der Waals surface area contributed by atoms with Crippen LogP contribution in [0.2, 0.25) is 0 Å². The Morgan fingerprint density at radius 1 is 1.00 bits per heavy atom. The van der Waals surface area contributed by atoms with Crippen molar-refractivity contribution in [2.75, 3.05) is 5.75 Å². The normalized spacial score (nSPS) is 11.1. The first kappa shape index (κ1) is 20.0. The average Bonchev–Trinajstić information content (AvgIpc) is 2.66. The predicted octanol–water partition coefficient (Wildman–Crippen LogP) is 3.28. The van der Waals surface area contributed by atoms with E-state index in [9.17, 15) is 25.0 Å². The maximum absolute atomic E-state index is 11.8. The quantitative estimate of drug-likeness (QED) is 0.420. The molecule has 0 fully saturated rings. The first-order chi connectivity index (χ1) is 12.9. The fourth-order valence-corrected chi connectivity index (χ4v) is 2.82. The molecule has 10 heteroatoms. The average molecular weight is 388 g/mol. The van der Waals surface area contributed by atoms with Crippen LogP contribution in [0, 0.1) is 20.2 Å². The zero-order chi connectivity index (χ0) is 19.8. The van der Waals surface area contributed by atoms with Crippen molar-refractivity contribution in [1.29, 1.82) is 0 Å². The molecule has 9 nitrogen and oxygen atoms in total. The number of amides is 1. The van der Waals surface area contributed by atoms with Crippen molar-refractivity contribution in [3.63, 3.8) is 0 Å². The molecule has 0 aliphatic carbocycles. The molecule has 0 bridgehead atoms. The highest BCUT2D eigenvalue weighted by Crippen LogP contribution is 2.16. The zero-order valence-corrected chi connectivity index (χ0v) is 15.1. The first-order valence-electron chi connectivity index (χ1n) is 7.76. The molecule has 2 aromatic carbocycles. The highest BCUT2D eigenvalue weighted by Gasteiger charge is 2.07. The molecule has 140 valence electrons. The van der Waals surface area contributed by atoms with E-state index in [2.05, 4.69) is 10.5 Å². The second-order valence-electron chi connectivity index (χ2n) is 5.45. The molecule has 0 spiro atoms. The molecule has 1 N–H and O–H groups in total. The number of rotatable bonds is 8. The van der Waals surface area contributed by atoms with Gasteiger partial charge in [0.15, 0.2) is 0 Å². The molecule has 1 amide bonds. The molecule has 0 aliphatic heterocycles. The largest absolute Gasteiger partial charge is 0.272 e. The van der Waals surface area contributed by atoms with Crippen LogP contribution in [0.3, 0.4) is 0 Å². The van der Waals surface area contributed by atoms with Crippen LogP contribution < -0.4 is 5.43 Å². The van der Waals surface area contributed by atoms with Gasteiger partial charge in [0, 0.05) is 30.0 Å². The molecule has 0 radical (unpaired) electrons. The molecule has 2 aromatic rings. The number of hydrogen-bond acceptors (Lipinski definition) is 7. The van der Waals surface area contributed by atoms with Gasteiger partial charge in [-0.15, -0.1) is 11.8 Å². The molecule has 27 heavy (non-hydrogen) atoms. The number of carbonyl (C=O) groups is 1. The number of thioether (sulfide) groups is 1. The van der Waals surface area contributed by atoms with E-state index >= 15 is 0 Å². The molecule has 0 aromatic heterocycles. The summed E-state index contributed by atoms with van der Waals surface area (Å²) in [7, 11) is 0. The molecule has 0 aliphatic rings. The van der Waals surface area contributed by atoms with Crippen LogP contribution in [0.5, 0.6) is 0 Å². The molecule has 0 heterocycles. The van der Waals surface area contributed by atoms with Crippen LogP contribution in [-0.2, 0) is 10.5 Å². The monoisotopic (exact) mass is 388 g/mol. The summed E-state index contributed by atoms with van der Waals surface area (Å²) in [5, 5.41) is 25.2. The lowest BCUT2D eigenvalue weighted by atomic mass is 10.1. The number of nitrogens with zero attached hydrogens (tertiary/aromatic N) is 3. The van der Waals surface area contributed by atoms with Gasteiger partial charge in [0.1, 0.15) is 0 Å². The van der Waals surface area contributed by atoms with E-state index < -0.39 is 9.85 Å². The zero-order valence-electron chi connectivity index (χ0n) is 14.3. The Bertz CT molecular complexity index is 866. The van der Waals surface area contributed by atoms with Crippen LogP contribution in [0.4, 0.5) is 11.4 Å². The van der Waals surface area contributed by atoms with Crippen molar-refractivity contribution in [3.05, 3.63) is 79.9 Å². The van der Waals surface area contributed by atoms with Gasteiger partial charge in [-0.2, -0.15) is 5.10 Å². The minimum Gasteiger partial charge on any atom is -0.272 e. The molecular weight excluding hydrogens is 372 g/mol. The summed E-state index contributed by atoms with van der Waals surface area (Å²) in [6.07, 6.45) is 0. The molecule has 0 atom stereocenters. The Morgan fingerprint density at radius 2 is 1.52 bits per heavy atom. The molecular formula is C17H16N4O5S.